The van der Waals surface area contributed by atoms with Crippen molar-refractivity contribution in [3.05, 3.63) is 30.1 Å². The van der Waals surface area contributed by atoms with Gasteiger partial charge in [0, 0.05) is 20.1 Å². The fraction of sp³-hybridized carbons (Fsp3) is 0.619. The van der Waals surface area contributed by atoms with Crippen LogP contribution in [0.1, 0.15) is 38.9 Å². The molecule has 0 unspecified atom stereocenters. The molecule has 1 aliphatic rings. The van der Waals surface area contributed by atoms with Gasteiger partial charge in [-0.15, -0.1) is 0 Å². The highest BCUT2D eigenvalue weighted by Gasteiger charge is 2.14. The summed E-state index contributed by atoms with van der Waals surface area (Å²) in [7, 11) is 2.06. The molecule has 0 spiro atoms. The van der Waals surface area contributed by atoms with Crippen LogP contribution in [0.25, 0.3) is 11.0 Å². The fourth-order valence-electron chi connectivity index (χ4n) is 3.62. The van der Waals surface area contributed by atoms with E-state index in [1.165, 1.54) is 32.5 Å². The van der Waals surface area contributed by atoms with Crippen LogP contribution in [0, 0.1) is 5.92 Å². The number of hydrogen-bond donors (Lipinski definition) is 2. The highest BCUT2D eigenvalue weighted by atomic mass is 15.2. The third kappa shape index (κ3) is 5.45. The van der Waals surface area contributed by atoms with Crippen LogP contribution in [0.3, 0.4) is 0 Å². The highest BCUT2D eigenvalue weighted by molar-refractivity contribution is 5.80. The van der Waals surface area contributed by atoms with Crippen molar-refractivity contribution in [2.75, 3.05) is 32.7 Å². The molecular weight excluding hydrogens is 336 g/mol. The Hall–Kier alpha value is -2.08. The summed E-state index contributed by atoms with van der Waals surface area (Å²) in [6.45, 7) is 10.5. The van der Waals surface area contributed by atoms with Crippen molar-refractivity contribution in [1.29, 1.82) is 0 Å². The highest BCUT2D eigenvalue weighted by Crippen LogP contribution is 2.16. The number of aromatic nitrogens is 2. The quantitative estimate of drug-likeness (QED) is 0.447. The van der Waals surface area contributed by atoms with Gasteiger partial charge < -0.3 is 20.1 Å². The van der Waals surface area contributed by atoms with Crippen LogP contribution in [-0.4, -0.2) is 53.1 Å². The predicted molar refractivity (Wildman–Crippen MR) is 113 cm³/mol. The standard InChI is InChI=1S/C21H34N6/c1-4-22-21(23-12-7-13-27-14-10-17(2)11-15-27)24-16-20-25-18-8-5-6-9-19(18)26(20)3/h5-6,8-9,17H,4,7,10-16H2,1-3H3,(H2,22,23,24). The molecular formula is C21H34N6. The maximum atomic E-state index is 4.73. The van der Waals surface area contributed by atoms with E-state index in [9.17, 15) is 0 Å². The molecule has 2 aromatic rings. The third-order valence-electron chi connectivity index (χ3n) is 5.42. The molecule has 2 heterocycles. The molecule has 0 saturated carbocycles. The lowest BCUT2D eigenvalue weighted by atomic mass is 9.99. The van der Waals surface area contributed by atoms with Gasteiger partial charge in [0.25, 0.3) is 0 Å². The molecule has 0 aliphatic carbocycles. The summed E-state index contributed by atoms with van der Waals surface area (Å²) in [6, 6.07) is 8.22. The third-order valence-corrected chi connectivity index (χ3v) is 5.42. The molecule has 3 rings (SSSR count). The van der Waals surface area contributed by atoms with Gasteiger partial charge in [-0.25, -0.2) is 9.98 Å². The zero-order valence-electron chi connectivity index (χ0n) is 17.0. The van der Waals surface area contributed by atoms with E-state index in [0.717, 1.165) is 48.2 Å². The van der Waals surface area contributed by atoms with Crippen LogP contribution in [-0.2, 0) is 13.6 Å². The summed E-state index contributed by atoms with van der Waals surface area (Å²) >= 11 is 0. The molecule has 0 amide bonds. The second kappa shape index (κ2) is 9.74. The molecule has 6 heteroatoms. The first-order valence-electron chi connectivity index (χ1n) is 10.3. The molecule has 1 fully saturated rings. The maximum absolute atomic E-state index is 4.73. The Morgan fingerprint density at radius 3 is 2.74 bits per heavy atom. The van der Waals surface area contributed by atoms with E-state index >= 15 is 0 Å². The van der Waals surface area contributed by atoms with E-state index in [1.54, 1.807) is 0 Å². The van der Waals surface area contributed by atoms with Gasteiger partial charge in [0.2, 0.25) is 0 Å². The molecule has 148 valence electrons. The van der Waals surface area contributed by atoms with E-state index < -0.39 is 0 Å². The Balaban J connectivity index is 1.49. The second-order valence-corrected chi connectivity index (χ2v) is 7.58. The smallest absolute Gasteiger partial charge is 0.191 e. The Labute approximate surface area is 163 Å². The van der Waals surface area contributed by atoms with Crippen LogP contribution < -0.4 is 10.6 Å². The van der Waals surface area contributed by atoms with Gasteiger partial charge >= 0.3 is 0 Å². The number of guanidine groups is 1. The van der Waals surface area contributed by atoms with Crippen LogP contribution in [0.15, 0.2) is 29.3 Å². The van der Waals surface area contributed by atoms with Gasteiger partial charge in [-0.05, 0) is 63.9 Å². The van der Waals surface area contributed by atoms with Crippen molar-refractivity contribution in [1.82, 2.24) is 25.1 Å². The number of rotatable bonds is 7. The van der Waals surface area contributed by atoms with Gasteiger partial charge in [-0.3, -0.25) is 0 Å². The minimum absolute atomic E-state index is 0.574. The van der Waals surface area contributed by atoms with Crippen molar-refractivity contribution in [2.24, 2.45) is 18.0 Å². The van der Waals surface area contributed by atoms with Gasteiger partial charge in [0.15, 0.2) is 5.96 Å². The van der Waals surface area contributed by atoms with Crippen molar-refractivity contribution in [3.8, 4) is 0 Å². The molecule has 0 bridgehead atoms. The zero-order chi connectivity index (χ0) is 19.1. The van der Waals surface area contributed by atoms with E-state index in [1.807, 2.05) is 18.2 Å². The van der Waals surface area contributed by atoms with Crippen molar-refractivity contribution in [3.63, 3.8) is 0 Å². The minimum Gasteiger partial charge on any atom is -0.357 e. The van der Waals surface area contributed by atoms with Crippen LogP contribution in [0.5, 0.6) is 0 Å². The van der Waals surface area contributed by atoms with Crippen molar-refractivity contribution < 1.29 is 0 Å². The van der Waals surface area contributed by atoms with Crippen LogP contribution in [0.2, 0.25) is 0 Å². The number of nitrogens with one attached hydrogen (secondary N) is 2. The molecule has 1 aromatic carbocycles. The van der Waals surface area contributed by atoms with Crippen LogP contribution in [0.4, 0.5) is 0 Å². The lowest BCUT2D eigenvalue weighted by Gasteiger charge is -2.30. The number of aliphatic imine (C=N–C) groups is 1. The molecule has 1 aliphatic heterocycles. The van der Waals surface area contributed by atoms with E-state index in [-0.39, 0.29) is 0 Å². The number of para-hydroxylation sites is 2. The molecule has 1 saturated heterocycles. The van der Waals surface area contributed by atoms with Gasteiger partial charge in [0.05, 0.1) is 11.0 Å². The summed E-state index contributed by atoms with van der Waals surface area (Å²) in [4.78, 5) is 12.0. The molecule has 27 heavy (non-hydrogen) atoms. The normalized spacial score (nSPS) is 16.8. The number of aryl methyl sites for hydroxylation is 1. The largest absolute Gasteiger partial charge is 0.357 e. The Morgan fingerprint density at radius 2 is 2.00 bits per heavy atom. The second-order valence-electron chi connectivity index (χ2n) is 7.58. The number of likely N-dealkylation sites (tertiary alicyclic amines) is 1. The number of nitrogens with zero attached hydrogens (tertiary/aromatic N) is 4. The van der Waals surface area contributed by atoms with Gasteiger partial charge in [0.1, 0.15) is 12.4 Å². The summed E-state index contributed by atoms with van der Waals surface area (Å²) in [5.74, 6) is 2.75. The molecule has 0 radical (unpaired) electrons. The number of hydrogen-bond acceptors (Lipinski definition) is 3. The molecule has 0 atom stereocenters. The summed E-state index contributed by atoms with van der Waals surface area (Å²) in [5.41, 5.74) is 2.18. The average molecular weight is 371 g/mol. The number of fused-ring (bicyclic) bond motifs is 1. The van der Waals surface area contributed by atoms with Crippen LogP contribution >= 0.6 is 0 Å². The first-order valence-corrected chi connectivity index (χ1v) is 10.3. The number of piperidine rings is 1. The molecule has 2 N–H and O–H groups in total. The monoisotopic (exact) mass is 370 g/mol. The molecule has 6 nitrogen and oxygen atoms in total. The average Bonchev–Trinajstić information content (AvgIpc) is 3.00. The number of imidazole rings is 1. The summed E-state index contributed by atoms with van der Waals surface area (Å²) < 4.78 is 2.12. The van der Waals surface area contributed by atoms with Gasteiger partial charge in [-0.2, -0.15) is 0 Å². The van der Waals surface area contributed by atoms with E-state index in [0.29, 0.717) is 6.54 Å². The Bertz CT molecular complexity index is 742. The summed E-state index contributed by atoms with van der Waals surface area (Å²) in [5, 5.41) is 6.81. The summed E-state index contributed by atoms with van der Waals surface area (Å²) in [6.07, 6.45) is 3.83. The van der Waals surface area contributed by atoms with Gasteiger partial charge in [-0.1, -0.05) is 19.1 Å². The Kier molecular flexibility index (Phi) is 7.10. The fourth-order valence-corrected chi connectivity index (χ4v) is 3.62. The predicted octanol–water partition coefficient (Wildman–Crippen LogP) is 2.75. The van der Waals surface area contributed by atoms with E-state index in [4.69, 9.17) is 9.98 Å². The van der Waals surface area contributed by atoms with Crippen molar-refractivity contribution in [2.45, 2.75) is 39.7 Å². The van der Waals surface area contributed by atoms with Crippen molar-refractivity contribution >= 4 is 17.0 Å². The molecule has 1 aromatic heterocycles. The number of benzene rings is 1. The Morgan fingerprint density at radius 1 is 1.22 bits per heavy atom. The topological polar surface area (TPSA) is 57.5 Å². The first-order chi connectivity index (χ1) is 13.2. The lowest BCUT2D eigenvalue weighted by Crippen LogP contribution is -2.39. The maximum Gasteiger partial charge on any atom is 0.191 e. The van der Waals surface area contributed by atoms with E-state index in [2.05, 4.69) is 47.1 Å². The zero-order valence-corrected chi connectivity index (χ0v) is 17.0. The minimum atomic E-state index is 0.574. The SMILES string of the molecule is CCNC(=NCc1nc2ccccc2n1C)NCCCN1CCC(C)CC1. The lowest BCUT2D eigenvalue weighted by molar-refractivity contribution is 0.191. The first kappa shape index (κ1) is 19.7.